The van der Waals surface area contributed by atoms with Crippen LogP contribution in [0.25, 0.3) is 0 Å². The van der Waals surface area contributed by atoms with Gasteiger partial charge in [-0.15, -0.1) is 0 Å². The Morgan fingerprint density at radius 3 is 2.50 bits per heavy atom. The molecule has 0 aromatic heterocycles. The number of amides is 3. The highest BCUT2D eigenvalue weighted by atomic mass is 16.6. The maximum absolute atomic E-state index is 12.9. The van der Waals surface area contributed by atoms with Gasteiger partial charge in [0.05, 0.1) is 5.92 Å². The van der Waals surface area contributed by atoms with Crippen LogP contribution in [0.2, 0.25) is 0 Å². The van der Waals surface area contributed by atoms with E-state index < -0.39 is 35.8 Å². The SMILES string of the molecule is CCC(C)C(NC(=O)C1CC(=O)N(c2ccc3c(c2)OCCO3)C1)C(=O)NC(C)C(=O)O. The highest BCUT2D eigenvalue weighted by molar-refractivity contribution is 6.01. The van der Waals surface area contributed by atoms with Gasteiger partial charge in [0, 0.05) is 24.7 Å². The third kappa shape index (κ3) is 5.12. The monoisotopic (exact) mass is 447 g/mol. The number of carbonyl (C=O) groups is 4. The van der Waals surface area contributed by atoms with Crippen LogP contribution in [0.3, 0.4) is 0 Å². The van der Waals surface area contributed by atoms with Crippen LogP contribution in [0.4, 0.5) is 5.69 Å². The van der Waals surface area contributed by atoms with E-state index >= 15 is 0 Å². The Bertz CT molecular complexity index is 904. The summed E-state index contributed by atoms with van der Waals surface area (Å²) in [4.78, 5) is 50.7. The van der Waals surface area contributed by atoms with Crippen molar-refractivity contribution < 1.29 is 33.8 Å². The fraction of sp³-hybridized carbons (Fsp3) is 0.545. The first-order valence-corrected chi connectivity index (χ1v) is 10.7. The number of carboxylic acids is 1. The summed E-state index contributed by atoms with van der Waals surface area (Å²) >= 11 is 0. The third-order valence-electron chi connectivity index (χ3n) is 5.86. The molecule has 32 heavy (non-hydrogen) atoms. The van der Waals surface area contributed by atoms with Gasteiger partial charge in [-0.3, -0.25) is 19.2 Å². The number of nitrogens with zero attached hydrogens (tertiary/aromatic N) is 1. The van der Waals surface area contributed by atoms with Gasteiger partial charge in [-0.1, -0.05) is 20.3 Å². The number of carbonyl (C=O) groups excluding carboxylic acids is 3. The first-order valence-electron chi connectivity index (χ1n) is 10.7. The molecule has 1 aromatic rings. The Kier molecular flexibility index (Phi) is 7.22. The predicted molar refractivity (Wildman–Crippen MR) is 115 cm³/mol. The molecule has 10 nitrogen and oxygen atoms in total. The minimum atomic E-state index is -1.16. The van der Waals surface area contributed by atoms with Gasteiger partial charge in [0.15, 0.2) is 11.5 Å². The van der Waals surface area contributed by atoms with Crippen LogP contribution in [0.5, 0.6) is 11.5 Å². The minimum Gasteiger partial charge on any atom is -0.486 e. The Morgan fingerprint density at radius 2 is 1.84 bits per heavy atom. The second-order valence-electron chi connectivity index (χ2n) is 8.17. The van der Waals surface area contributed by atoms with E-state index in [1.807, 2.05) is 6.92 Å². The van der Waals surface area contributed by atoms with E-state index in [1.54, 1.807) is 25.1 Å². The number of anilines is 1. The number of fused-ring (bicyclic) bond motifs is 1. The van der Waals surface area contributed by atoms with E-state index in [4.69, 9.17) is 14.6 Å². The van der Waals surface area contributed by atoms with Crippen LogP contribution in [0.15, 0.2) is 18.2 Å². The molecule has 3 N–H and O–H groups in total. The number of hydrogen-bond acceptors (Lipinski definition) is 6. The molecule has 0 saturated carbocycles. The number of hydrogen-bond donors (Lipinski definition) is 3. The number of rotatable bonds is 8. The van der Waals surface area contributed by atoms with Crippen molar-refractivity contribution in [2.75, 3.05) is 24.7 Å². The first kappa shape index (κ1) is 23.4. The molecular formula is C22H29N3O7. The van der Waals surface area contributed by atoms with Crippen molar-refractivity contribution in [1.82, 2.24) is 10.6 Å². The highest BCUT2D eigenvalue weighted by Crippen LogP contribution is 2.36. The van der Waals surface area contributed by atoms with Crippen LogP contribution in [-0.4, -0.2) is 60.6 Å². The number of carboxylic acid groups (broad SMARTS) is 1. The molecule has 4 unspecified atom stereocenters. The van der Waals surface area contributed by atoms with Crippen molar-refractivity contribution in [3.63, 3.8) is 0 Å². The fourth-order valence-electron chi connectivity index (χ4n) is 3.67. The van der Waals surface area contributed by atoms with Crippen LogP contribution < -0.4 is 25.0 Å². The molecule has 1 saturated heterocycles. The van der Waals surface area contributed by atoms with Gasteiger partial charge >= 0.3 is 5.97 Å². The van der Waals surface area contributed by atoms with Crippen LogP contribution in [0, 0.1) is 11.8 Å². The molecule has 1 fully saturated rings. The van der Waals surface area contributed by atoms with Gasteiger partial charge in [-0.25, -0.2) is 0 Å². The molecule has 1 aromatic carbocycles. The Balaban J connectivity index is 1.68. The normalized spacial score (nSPS) is 20.3. The van der Waals surface area contributed by atoms with Crippen molar-refractivity contribution in [2.45, 2.75) is 45.7 Å². The van der Waals surface area contributed by atoms with Gasteiger partial charge in [-0.2, -0.15) is 0 Å². The molecular weight excluding hydrogens is 418 g/mol. The summed E-state index contributed by atoms with van der Waals surface area (Å²) in [5, 5.41) is 14.2. The zero-order valence-corrected chi connectivity index (χ0v) is 18.4. The Hall–Kier alpha value is -3.30. The molecule has 0 aliphatic carbocycles. The summed E-state index contributed by atoms with van der Waals surface area (Å²) in [6.45, 7) is 6.10. The minimum absolute atomic E-state index is 0.0145. The molecule has 0 spiro atoms. The summed E-state index contributed by atoms with van der Waals surface area (Å²) in [6, 6.07) is 3.22. The molecule has 2 aliphatic rings. The van der Waals surface area contributed by atoms with E-state index in [2.05, 4.69) is 10.6 Å². The Labute approximate surface area is 186 Å². The summed E-state index contributed by atoms with van der Waals surface area (Å²) in [5.74, 6) is -2.03. The maximum atomic E-state index is 12.9. The zero-order valence-electron chi connectivity index (χ0n) is 18.4. The maximum Gasteiger partial charge on any atom is 0.325 e. The average Bonchev–Trinajstić information content (AvgIpc) is 3.17. The summed E-state index contributed by atoms with van der Waals surface area (Å²) in [7, 11) is 0. The van der Waals surface area contributed by atoms with Gasteiger partial charge < -0.3 is 30.1 Å². The van der Waals surface area contributed by atoms with Crippen LogP contribution >= 0.6 is 0 Å². The van der Waals surface area contributed by atoms with Gasteiger partial charge in [0.25, 0.3) is 0 Å². The van der Waals surface area contributed by atoms with Crippen molar-refractivity contribution >= 4 is 29.4 Å². The molecule has 2 heterocycles. The van der Waals surface area contributed by atoms with Gasteiger partial charge in [0.2, 0.25) is 17.7 Å². The lowest BCUT2D eigenvalue weighted by atomic mass is 9.96. The number of benzene rings is 1. The lowest BCUT2D eigenvalue weighted by molar-refractivity contribution is -0.142. The molecule has 10 heteroatoms. The fourth-order valence-corrected chi connectivity index (χ4v) is 3.67. The van der Waals surface area contributed by atoms with Crippen molar-refractivity contribution in [1.29, 1.82) is 0 Å². The van der Waals surface area contributed by atoms with Crippen molar-refractivity contribution in [3.05, 3.63) is 18.2 Å². The van der Waals surface area contributed by atoms with E-state index in [1.165, 1.54) is 11.8 Å². The van der Waals surface area contributed by atoms with Crippen molar-refractivity contribution in [3.8, 4) is 11.5 Å². The second kappa shape index (κ2) is 9.88. The number of nitrogens with one attached hydrogen (secondary N) is 2. The molecule has 2 aliphatic heterocycles. The molecule has 174 valence electrons. The lowest BCUT2D eigenvalue weighted by Gasteiger charge is -2.26. The molecule has 4 atom stereocenters. The van der Waals surface area contributed by atoms with E-state index in [9.17, 15) is 19.2 Å². The van der Waals surface area contributed by atoms with Crippen molar-refractivity contribution in [2.24, 2.45) is 11.8 Å². The Morgan fingerprint density at radius 1 is 1.16 bits per heavy atom. The summed E-state index contributed by atoms with van der Waals surface area (Å²) in [5.41, 5.74) is 0.612. The molecule has 3 rings (SSSR count). The summed E-state index contributed by atoms with van der Waals surface area (Å²) in [6.07, 6.45) is 0.618. The zero-order chi connectivity index (χ0) is 23.4. The smallest absolute Gasteiger partial charge is 0.325 e. The van der Waals surface area contributed by atoms with E-state index in [-0.39, 0.29) is 24.8 Å². The number of aliphatic carboxylic acids is 1. The lowest BCUT2D eigenvalue weighted by Crippen LogP contribution is -2.54. The summed E-state index contributed by atoms with van der Waals surface area (Å²) < 4.78 is 11.1. The molecule has 0 bridgehead atoms. The van der Waals surface area contributed by atoms with Gasteiger partial charge in [0.1, 0.15) is 25.3 Å². The van der Waals surface area contributed by atoms with Crippen LogP contribution in [-0.2, 0) is 19.2 Å². The average molecular weight is 447 g/mol. The third-order valence-corrected chi connectivity index (χ3v) is 5.86. The van der Waals surface area contributed by atoms with E-state index in [0.717, 1.165) is 0 Å². The van der Waals surface area contributed by atoms with Gasteiger partial charge in [-0.05, 0) is 25.0 Å². The largest absolute Gasteiger partial charge is 0.486 e. The molecule has 0 radical (unpaired) electrons. The van der Waals surface area contributed by atoms with E-state index in [0.29, 0.717) is 36.8 Å². The number of ether oxygens (including phenoxy) is 2. The predicted octanol–water partition coefficient (Wildman–Crippen LogP) is 0.931. The highest BCUT2D eigenvalue weighted by Gasteiger charge is 2.38. The molecule has 3 amide bonds. The quantitative estimate of drug-likeness (QED) is 0.540. The first-order chi connectivity index (χ1) is 15.2. The second-order valence-corrected chi connectivity index (χ2v) is 8.17. The topological polar surface area (TPSA) is 134 Å². The van der Waals surface area contributed by atoms with Crippen LogP contribution in [0.1, 0.15) is 33.6 Å². The standard InChI is InChI=1S/C22H29N3O7/c1-4-12(2)19(21(28)23-13(3)22(29)30)24-20(27)14-9-18(26)25(11-14)15-5-6-16-17(10-15)32-8-7-31-16/h5-6,10,12-14,19H,4,7-9,11H2,1-3H3,(H,23,28)(H,24,27)(H,29,30).